The van der Waals surface area contributed by atoms with Crippen LogP contribution in [0.5, 0.6) is 0 Å². The Hall–Kier alpha value is -1.56. The van der Waals surface area contributed by atoms with Crippen LogP contribution in [-0.2, 0) is 11.2 Å². The molecule has 0 aliphatic heterocycles. The average molecular weight is 349 g/mol. The molecule has 1 heterocycles. The Labute approximate surface area is 141 Å². The van der Waals surface area contributed by atoms with Crippen molar-refractivity contribution < 1.29 is 4.79 Å². The fourth-order valence-electron chi connectivity index (χ4n) is 2.06. The van der Waals surface area contributed by atoms with Crippen molar-refractivity contribution in [2.45, 2.75) is 11.3 Å². The van der Waals surface area contributed by atoms with Crippen LogP contribution in [0.4, 0.5) is 5.13 Å². The summed E-state index contributed by atoms with van der Waals surface area (Å²) in [4.78, 5) is 17.7. The van der Waals surface area contributed by atoms with Gasteiger partial charge in [0.05, 0.1) is 16.6 Å². The second-order valence-electron chi connectivity index (χ2n) is 4.67. The molecular formula is C16H13ClN2OS2. The number of amides is 1. The molecule has 2 aromatic carbocycles. The van der Waals surface area contributed by atoms with Crippen LogP contribution in [0.25, 0.3) is 10.2 Å². The monoisotopic (exact) mass is 348 g/mol. The first-order chi connectivity index (χ1) is 10.7. The molecule has 1 N–H and O–H groups in total. The first kappa shape index (κ1) is 15.3. The van der Waals surface area contributed by atoms with Crippen molar-refractivity contribution in [1.82, 2.24) is 4.98 Å². The number of carbonyl (C=O) groups is 1. The van der Waals surface area contributed by atoms with Gasteiger partial charge in [-0.2, -0.15) is 0 Å². The van der Waals surface area contributed by atoms with Crippen molar-refractivity contribution in [3.8, 4) is 0 Å². The maximum Gasteiger partial charge on any atom is 0.230 e. The molecule has 1 amide bonds. The van der Waals surface area contributed by atoms with Gasteiger partial charge < -0.3 is 5.32 Å². The standard InChI is InChI=1S/C16H13ClN2OS2/c1-21-11-6-7-13-14(9-11)22-16(18-13)19-15(20)8-10-4-2-3-5-12(10)17/h2-7,9H,8H2,1H3,(H,18,19,20). The smallest absolute Gasteiger partial charge is 0.230 e. The Bertz CT molecular complexity index is 832. The van der Waals surface area contributed by atoms with Crippen LogP contribution in [0.2, 0.25) is 5.02 Å². The van der Waals surface area contributed by atoms with Crippen LogP contribution in [0.1, 0.15) is 5.56 Å². The van der Waals surface area contributed by atoms with Gasteiger partial charge in [-0.15, -0.1) is 11.8 Å². The Kier molecular flexibility index (Phi) is 4.66. The normalized spacial score (nSPS) is 10.8. The van der Waals surface area contributed by atoms with E-state index in [1.807, 2.05) is 36.6 Å². The molecule has 3 nitrogen and oxygen atoms in total. The van der Waals surface area contributed by atoms with E-state index in [2.05, 4.69) is 16.4 Å². The van der Waals surface area contributed by atoms with Gasteiger partial charge in [-0.05, 0) is 36.1 Å². The molecule has 0 radical (unpaired) electrons. The Balaban J connectivity index is 1.75. The molecule has 0 atom stereocenters. The first-order valence-corrected chi connectivity index (χ1v) is 9.05. The zero-order valence-corrected chi connectivity index (χ0v) is 14.2. The predicted molar refractivity (Wildman–Crippen MR) is 95.2 cm³/mol. The molecule has 6 heteroatoms. The van der Waals surface area contributed by atoms with Gasteiger partial charge in [-0.1, -0.05) is 41.1 Å². The highest BCUT2D eigenvalue weighted by Gasteiger charge is 2.10. The molecule has 0 bridgehead atoms. The van der Waals surface area contributed by atoms with Gasteiger partial charge in [0.1, 0.15) is 0 Å². The van der Waals surface area contributed by atoms with Gasteiger partial charge in [-0.25, -0.2) is 4.98 Å². The molecule has 0 fully saturated rings. The van der Waals surface area contributed by atoms with E-state index >= 15 is 0 Å². The van der Waals surface area contributed by atoms with E-state index in [4.69, 9.17) is 11.6 Å². The lowest BCUT2D eigenvalue weighted by atomic mass is 10.1. The molecular weight excluding hydrogens is 336 g/mol. The summed E-state index contributed by atoms with van der Waals surface area (Å²) in [6.07, 6.45) is 2.28. The molecule has 3 rings (SSSR count). The van der Waals surface area contributed by atoms with Crippen molar-refractivity contribution in [3.05, 3.63) is 53.1 Å². The van der Waals surface area contributed by atoms with Crippen LogP contribution < -0.4 is 5.32 Å². The van der Waals surface area contributed by atoms with Crippen molar-refractivity contribution in [1.29, 1.82) is 0 Å². The Morgan fingerprint density at radius 3 is 2.91 bits per heavy atom. The number of rotatable bonds is 4. The maximum absolute atomic E-state index is 12.1. The average Bonchev–Trinajstić information content (AvgIpc) is 2.90. The first-order valence-electron chi connectivity index (χ1n) is 6.63. The fraction of sp³-hybridized carbons (Fsp3) is 0.125. The summed E-state index contributed by atoms with van der Waals surface area (Å²) in [6.45, 7) is 0. The number of hydrogen-bond acceptors (Lipinski definition) is 4. The lowest BCUT2D eigenvalue weighted by molar-refractivity contribution is -0.115. The maximum atomic E-state index is 12.1. The van der Waals surface area contributed by atoms with E-state index in [9.17, 15) is 4.79 Å². The molecule has 0 aliphatic rings. The largest absolute Gasteiger partial charge is 0.302 e. The summed E-state index contributed by atoms with van der Waals surface area (Å²) in [5.74, 6) is -0.114. The molecule has 22 heavy (non-hydrogen) atoms. The number of thioether (sulfide) groups is 1. The summed E-state index contributed by atoms with van der Waals surface area (Å²) in [5.41, 5.74) is 1.71. The zero-order chi connectivity index (χ0) is 15.5. The van der Waals surface area contributed by atoms with Gasteiger partial charge in [-0.3, -0.25) is 4.79 Å². The minimum absolute atomic E-state index is 0.114. The van der Waals surface area contributed by atoms with E-state index in [0.717, 1.165) is 15.8 Å². The molecule has 0 unspecified atom stereocenters. The third-order valence-electron chi connectivity index (χ3n) is 3.15. The summed E-state index contributed by atoms with van der Waals surface area (Å²) in [5, 5.41) is 4.07. The molecule has 0 saturated heterocycles. The van der Waals surface area contributed by atoms with E-state index in [-0.39, 0.29) is 12.3 Å². The number of benzene rings is 2. The lowest BCUT2D eigenvalue weighted by Gasteiger charge is -2.03. The quantitative estimate of drug-likeness (QED) is 0.685. The third-order valence-corrected chi connectivity index (χ3v) is 5.18. The van der Waals surface area contributed by atoms with E-state index in [1.54, 1.807) is 17.8 Å². The van der Waals surface area contributed by atoms with Crippen LogP contribution in [0, 0.1) is 0 Å². The summed E-state index contributed by atoms with van der Waals surface area (Å²) in [6, 6.07) is 13.4. The number of halogens is 1. The Morgan fingerprint density at radius 1 is 1.32 bits per heavy atom. The predicted octanol–water partition coefficient (Wildman–Crippen LogP) is 4.85. The highest BCUT2D eigenvalue weighted by Crippen LogP contribution is 2.29. The second-order valence-corrected chi connectivity index (χ2v) is 6.99. The number of aromatic nitrogens is 1. The van der Waals surface area contributed by atoms with E-state index < -0.39 is 0 Å². The summed E-state index contributed by atoms with van der Waals surface area (Å²) < 4.78 is 1.07. The van der Waals surface area contributed by atoms with Crippen molar-refractivity contribution >= 4 is 56.0 Å². The van der Waals surface area contributed by atoms with Crippen LogP contribution >= 0.6 is 34.7 Å². The number of anilines is 1. The SMILES string of the molecule is CSc1ccc2nc(NC(=O)Cc3ccccc3Cl)sc2c1. The molecule has 0 aliphatic carbocycles. The third kappa shape index (κ3) is 3.43. The number of hydrogen-bond donors (Lipinski definition) is 1. The van der Waals surface area contributed by atoms with Crippen molar-refractivity contribution in [2.24, 2.45) is 0 Å². The number of fused-ring (bicyclic) bond motifs is 1. The minimum Gasteiger partial charge on any atom is -0.302 e. The molecule has 1 aromatic heterocycles. The number of nitrogens with one attached hydrogen (secondary N) is 1. The minimum atomic E-state index is -0.114. The van der Waals surface area contributed by atoms with E-state index in [0.29, 0.717) is 10.2 Å². The molecule has 3 aromatic rings. The summed E-state index contributed by atoms with van der Waals surface area (Å²) >= 11 is 9.24. The van der Waals surface area contributed by atoms with Gasteiger partial charge >= 0.3 is 0 Å². The van der Waals surface area contributed by atoms with Crippen LogP contribution in [0.15, 0.2) is 47.4 Å². The highest BCUT2D eigenvalue weighted by atomic mass is 35.5. The van der Waals surface area contributed by atoms with Gasteiger partial charge in [0.2, 0.25) is 5.91 Å². The van der Waals surface area contributed by atoms with Gasteiger partial charge in [0, 0.05) is 9.92 Å². The zero-order valence-electron chi connectivity index (χ0n) is 11.8. The van der Waals surface area contributed by atoms with Crippen molar-refractivity contribution in [2.75, 3.05) is 11.6 Å². The van der Waals surface area contributed by atoms with Crippen LogP contribution in [0.3, 0.4) is 0 Å². The van der Waals surface area contributed by atoms with Gasteiger partial charge in [0.15, 0.2) is 5.13 Å². The molecule has 0 saturated carbocycles. The van der Waals surface area contributed by atoms with E-state index in [1.165, 1.54) is 16.2 Å². The number of thiazole rings is 1. The lowest BCUT2D eigenvalue weighted by Crippen LogP contribution is -2.14. The fourth-order valence-corrected chi connectivity index (χ4v) is 3.70. The van der Waals surface area contributed by atoms with Crippen molar-refractivity contribution in [3.63, 3.8) is 0 Å². The molecule has 0 spiro atoms. The topological polar surface area (TPSA) is 42.0 Å². The number of carbonyl (C=O) groups excluding carboxylic acids is 1. The Morgan fingerprint density at radius 2 is 2.14 bits per heavy atom. The molecule has 112 valence electrons. The second kappa shape index (κ2) is 6.69. The van der Waals surface area contributed by atoms with Crippen LogP contribution in [-0.4, -0.2) is 17.1 Å². The van der Waals surface area contributed by atoms with Gasteiger partial charge in [0.25, 0.3) is 0 Å². The number of nitrogens with zero attached hydrogens (tertiary/aromatic N) is 1. The highest BCUT2D eigenvalue weighted by molar-refractivity contribution is 7.98. The summed E-state index contributed by atoms with van der Waals surface area (Å²) in [7, 11) is 0.